The molecule has 5 nitrogen and oxygen atoms in total. The summed E-state index contributed by atoms with van der Waals surface area (Å²) in [5, 5.41) is 3.06. The molecule has 170 valence electrons. The van der Waals surface area contributed by atoms with Crippen LogP contribution in [0, 0.1) is 11.8 Å². The summed E-state index contributed by atoms with van der Waals surface area (Å²) in [6, 6.07) is 7.67. The van der Waals surface area contributed by atoms with E-state index in [1.807, 2.05) is 24.3 Å². The molecule has 0 radical (unpaired) electrons. The molecule has 2 rings (SSSR count). The van der Waals surface area contributed by atoms with Crippen LogP contribution in [0.5, 0.6) is 5.75 Å². The fourth-order valence-corrected chi connectivity index (χ4v) is 4.38. The van der Waals surface area contributed by atoms with E-state index in [1.165, 1.54) is 38.8 Å². The Bertz CT molecular complexity index is 610. The minimum atomic E-state index is -0.801. The topological polar surface area (TPSA) is 50.8 Å². The van der Waals surface area contributed by atoms with Gasteiger partial charge in [-0.15, -0.1) is 0 Å². The van der Waals surface area contributed by atoms with Crippen LogP contribution in [0.15, 0.2) is 24.3 Å². The van der Waals surface area contributed by atoms with E-state index in [9.17, 15) is 4.79 Å². The predicted octanol–water partition coefficient (Wildman–Crippen LogP) is 5.36. The Morgan fingerprint density at radius 1 is 1.00 bits per heavy atom. The monoisotopic (exact) mass is 418 g/mol. The zero-order valence-corrected chi connectivity index (χ0v) is 19.7. The number of carbonyl (C=O) groups excluding carboxylic acids is 1. The number of nitrogens with one attached hydrogen (secondary N) is 1. The van der Waals surface area contributed by atoms with Gasteiger partial charge in [0.15, 0.2) is 0 Å². The molecule has 1 heterocycles. The van der Waals surface area contributed by atoms with E-state index >= 15 is 0 Å². The number of rotatable bonds is 11. The molecule has 1 fully saturated rings. The van der Waals surface area contributed by atoms with Gasteiger partial charge in [-0.25, -0.2) is 0 Å². The molecular weight excluding hydrogens is 376 g/mol. The fourth-order valence-electron chi connectivity index (χ4n) is 4.38. The van der Waals surface area contributed by atoms with E-state index in [0.29, 0.717) is 31.3 Å². The van der Waals surface area contributed by atoms with Crippen molar-refractivity contribution in [2.75, 3.05) is 38.7 Å². The van der Waals surface area contributed by atoms with Crippen molar-refractivity contribution in [3.63, 3.8) is 0 Å². The molecule has 1 aliphatic heterocycles. The summed E-state index contributed by atoms with van der Waals surface area (Å²) in [4.78, 5) is 15.6. The van der Waals surface area contributed by atoms with Crippen LogP contribution in [-0.4, -0.2) is 49.8 Å². The van der Waals surface area contributed by atoms with Crippen LogP contribution >= 0.6 is 0 Å². The van der Waals surface area contributed by atoms with Crippen LogP contribution < -0.4 is 10.1 Å². The Morgan fingerprint density at radius 2 is 1.57 bits per heavy atom. The van der Waals surface area contributed by atoms with Gasteiger partial charge in [-0.3, -0.25) is 9.69 Å². The van der Waals surface area contributed by atoms with Crippen LogP contribution in [0.25, 0.3) is 0 Å². The maximum Gasteiger partial charge on any atom is 0.256 e. The predicted molar refractivity (Wildman–Crippen MR) is 124 cm³/mol. The highest BCUT2D eigenvalue weighted by molar-refractivity contribution is 5.97. The number of methoxy groups -OCH3 is 1. The molecule has 0 spiro atoms. The van der Waals surface area contributed by atoms with Crippen LogP contribution in [0.1, 0.15) is 66.2 Å². The van der Waals surface area contributed by atoms with Gasteiger partial charge in [-0.1, -0.05) is 40.5 Å². The first-order valence-electron chi connectivity index (χ1n) is 11.7. The zero-order valence-electron chi connectivity index (χ0n) is 19.7. The van der Waals surface area contributed by atoms with Crippen molar-refractivity contribution in [2.24, 2.45) is 11.8 Å². The van der Waals surface area contributed by atoms with E-state index < -0.39 is 5.60 Å². The molecular formula is C25H42N2O3. The van der Waals surface area contributed by atoms with Gasteiger partial charge in [0.1, 0.15) is 18.0 Å². The standard InChI is InChI=1S/C25H42N2O3/c1-20(2)18-25(29-5,19-21(3)4)24(28)26-22-10-12-23(13-11-22)30-17-16-27-14-8-6-7-9-15-27/h10-13,20-21H,6-9,14-19H2,1-5H3,(H,26,28). The minimum Gasteiger partial charge on any atom is -0.492 e. The average Bonchev–Trinajstić information content (AvgIpc) is 2.97. The smallest absolute Gasteiger partial charge is 0.256 e. The molecule has 1 saturated heterocycles. The molecule has 0 aliphatic carbocycles. The van der Waals surface area contributed by atoms with Gasteiger partial charge in [-0.05, 0) is 74.9 Å². The molecule has 1 N–H and O–H groups in total. The maximum atomic E-state index is 13.1. The Hall–Kier alpha value is -1.59. The fraction of sp³-hybridized carbons (Fsp3) is 0.720. The van der Waals surface area contributed by atoms with E-state index in [4.69, 9.17) is 9.47 Å². The van der Waals surface area contributed by atoms with Crippen molar-refractivity contribution >= 4 is 11.6 Å². The van der Waals surface area contributed by atoms with E-state index in [0.717, 1.165) is 18.0 Å². The molecule has 0 atom stereocenters. The van der Waals surface area contributed by atoms with Gasteiger partial charge in [0.05, 0.1) is 0 Å². The van der Waals surface area contributed by atoms with Crippen molar-refractivity contribution in [3.05, 3.63) is 24.3 Å². The van der Waals surface area contributed by atoms with Gasteiger partial charge in [0.2, 0.25) is 0 Å². The van der Waals surface area contributed by atoms with Gasteiger partial charge < -0.3 is 14.8 Å². The highest BCUT2D eigenvalue weighted by Gasteiger charge is 2.39. The zero-order chi connectivity index (χ0) is 22.0. The number of amides is 1. The summed E-state index contributed by atoms with van der Waals surface area (Å²) in [7, 11) is 1.64. The number of anilines is 1. The summed E-state index contributed by atoms with van der Waals surface area (Å²) >= 11 is 0. The Balaban J connectivity index is 1.90. The third kappa shape index (κ3) is 7.92. The van der Waals surface area contributed by atoms with Crippen LogP contribution in [0.4, 0.5) is 5.69 Å². The third-order valence-electron chi connectivity index (χ3n) is 5.77. The molecule has 5 heteroatoms. The summed E-state index contributed by atoms with van der Waals surface area (Å²) in [5.41, 5.74) is -0.0289. The molecule has 1 amide bonds. The molecule has 0 bridgehead atoms. The number of ether oxygens (including phenoxy) is 2. The second-order valence-electron chi connectivity index (χ2n) is 9.48. The molecule has 1 aromatic carbocycles. The van der Waals surface area contributed by atoms with Gasteiger partial charge in [-0.2, -0.15) is 0 Å². The Kier molecular flexibility index (Phi) is 10.1. The first-order chi connectivity index (χ1) is 14.3. The lowest BCUT2D eigenvalue weighted by Crippen LogP contribution is -2.46. The van der Waals surface area contributed by atoms with E-state index in [2.05, 4.69) is 37.9 Å². The lowest BCUT2D eigenvalue weighted by Gasteiger charge is -2.34. The normalized spacial score (nSPS) is 16.0. The Morgan fingerprint density at radius 3 is 2.07 bits per heavy atom. The van der Waals surface area contributed by atoms with Crippen molar-refractivity contribution in [1.82, 2.24) is 4.90 Å². The first kappa shape index (κ1) is 24.7. The summed E-state index contributed by atoms with van der Waals surface area (Å²) in [6.07, 6.45) is 6.69. The highest BCUT2D eigenvalue weighted by atomic mass is 16.5. The van der Waals surface area contributed by atoms with Crippen LogP contribution in [-0.2, 0) is 9.53 Å². The van der Waals surface area contributed by atoms with Crippen LogP contribution in [0.2, 0.25) is 0 Å². The SMILES string of the molecule is COC(CC(C)C)(CC(C)C)C(=O)Nc1ccc(OCCN2CCCCCC2)cc1. The largest absolute Gasteiger partial charge is 0.492 e. The summed E-state index contributed by atoms with van der Waals surface area (Å²) in [5.74, 6) is 1.51. The lowest BCUT2D eigenvalue weighted by atomic mass is 9.84. The number of hydrogen-bond donors (Lipinski definition) is 1. The molecule has 30 heavy (non-hydrogen) atoms. The first-order valence-corrected chi connectivity index (χ1v) is 11.7. The molecule has 1 aliphatic rings. The maximum absolute atomic E-state index is 13.1. The number of benzene rings is 1. The molecule has 0 saturated carbocycles. The minimum absolute atomic E-state index is 0.0674. The number of nitrogens with zero attached hydrogens (tertiary/aromatic N) is 1. The van der Waals surface area contributed by atoms with E-state index in [-0.39, 0.29) is 5.91 Å². The average molecular weight is 419 g/mol. The van der Waals surface area contributed by atoms with Crippen LogP contribution in [0.3, 0.4) is 0 Å². The summed E-state index contributed by atoms with van der Waals surface area (Å²) in [6.45, 7) is 12.5. The highest BCUT2D eigenvalue weighted by Crippen LogP contribution is 2.30. The van der Waals surface area contributed by atoms with Gasteiger partial charge >= 0.3 is 0 Å². The van der Waals surface area contributed by atoms with Gasteiger partial charge in [0.25, 0.3) is 5.91 Å². The second kappa shape index (κ2) is 12.3. The number of carbonyl (C=O) groups is 1. The van der Waals surface area contributed by atoms with Crippen molar-refractivity contribution in [2.45, 2.75) is 71.8 Å². The molecule has 0 unspecified atom stereocenters. The van der Waals surface area contributed by atoms with Gasteiger partial charge in [0, 0.05) is 19.3 Å². The Labute approximate surface area is 183 Å². The molecule has 1 aromatic rings. The molecule has 0 aromatic heterocycles. The number of hydrogen-bond acceptors (Lipinski definition) is 4. The van der Waals surface area contributed by atoms with Crippen molar-refractivity contribution in [1.29, 1.82) is 0 Å². The second-order valence-corrected chi connectivity index (χ2v) is 9.48. The van der Waals surface area contributed by atoms with Crippen molar-refractivity contribution in [3.8, 4) is 5.75 Å². The van der Waals surface area contributed by atoms with Crippen molar-refractivity contribution < 1.29 is 14.3 Å². The van der Waals surface area contributed by atoms with E-state index in [1.54, 1.807) is 7.11 Å². The number of likely N-dealkylation sites (tertiary alicyclic amines) is 1. The lowest BCUT2D eigenvalue weighted by molar-refractivity contribution is -0.142. The summed E-state index contributed by atoms with van der Waals surface area (Å²) < 4.78 is 11.7. The quantitative estimate of drug-likeness (QED) is 0.526. The third-order valence-corrected chi connectivity index (χ3v) is 5.77.